The van der Waals surface area contributed by atoms with Gasteiger partial charge in [0.05, 0.1) is 6.54 Å². The summed E-state index contributed by atoms with van der Waals surface area (Å²) in [5.74, 6) is 1.16. The molecule has 0 fully saturated rings. The maximum atomic E-state index is 4.66. The number of aliphatic imine (C=N–C) groups is 1. The van der Waals surface area contributed by atoms with E-state index in [0.29, 0.717) is 6.04 Å². The van der Waals surface area contributed by atoms with Gasteiger partial charge < -0.3 is 4.90 Å². The van der Waals surface area contributed by atoms with Crippen molar-refractivity contribution in [2.24, 2.45) is 10.4 Å². The quantitative estimate of drug-likeness (QED) is 0.643. The Balaban J connectivity index is 3.06. The van der Waals surface area contributed by atoms with E-state index in [4.69, 9.17) is 0 Å². The van der Waals surface area contributed by atoms with Crippen LogP contribution in [0.15, 0.2) is 29.4 Å². The minimum absolute atomic E-state index is 0.0970. The fourth-order valence-electron chi connectivity index (χ4n) is 1.61. The molecule has 0 aromatic rings. The molecule has 0 aromatic carbocycles. The van der Waals surface area contributed by atoms with Gasteiger partial charge in [-0.3, -0.25) is 4.99 Å². The zero-order valence-corrected chi connectivity index (χ0v) is 10.5. The molecular formula is C13H22N2. The van der Waals surface area contributed by atoms with Crippen molar-refractivity contribution in [3.8, 4) is 0 Å². The van der Waals surface area contributed by atoms with Crippen LogP contribution in [0, 0.1) is 5.41 Å². The van der Waals surface area contributed by atoms with E-state index in [0.717, 1.165) is 12.4 Å². The maximum absolute atomic E-state index is 4.66. The molecule has 0 saturated carbocycles. The molecule has 15 heavy (non-hydrogen) atoms. The molecule has 2 nitrogen and oxygen atoms in total. The Morgan fingerprint density at radius 1 is 1.27 bits per heavy atom. The van der Waals surface area contributed by atoms with Gasteiger partial charge in [-0.05, 0) is 19.9 Å². The van der Waals surface area contributed by atoms with Gasteiger partial charge in [0.2, 0.25) is 0 Å². The summed E-state index contributed by atoms with van der Waals surface area (Å²) in [6.45, 7) is 11.8. The zero-order valence-electron chi connectivity index (χ0n) is 10.5. The summed E-state index contributed by atoms with van der Waals surface area (Å²) >= 11 is 0. The molecule has 0 bridgehead atoms. The molecular weight excluding hydrogens is 184 g/mol. The summed E-state index contributed by atoms with van der Waals surface area (Å²) < 4.78 is 0. The van der Waals surface area contributed by atoms with Crippen LogP contribution in [0.1, 0.15) is 34.6 Å². The van der Waals surface area contributed by atoms with Crippen molar-refractivity contribution >= 4 is 5.84 Å². The van der Waals surface area contributed by atoms with Gasteiger partial charge in [0.1, 0.15) is 5.84 Å². The van der Waals surface area contributed by atoms with E-state index in [1.807, 2.05) is 0 Å². The SMILES string of the molecule is CC(C)N1/C=C\C=C/C/N=C\1C(C)(C)C. The summed E-state index contributed by atoms with van der Waals surface area (Å²) in [7, 11) is 0. The predicted octanol–water partition coefficient (Wildman–Crippen LogP) is 3.22. The van der Waals surface area contributed by atoms with E-state index in [2.05, 4.69) is 68.9 Å². The molecule has 0 N–H and O–H groups in total. The molecule has 0 atom stereocenters. The van der Waals surface area contributed by atoms with Crippen LogP contribution in [-0.4, -0.2) is 23.3 Å². The number of allylic oxidation sites excluding steroid dienone is 2. The molecule has 0 spiro atoms. The topological polar surface area (TPSA) is 15.6 Å². The average Bonchev–Trinajstić information content (AvgIpc) is 1.99. The molecule has 0 radical (unpaired) electrons. The molecule has 1 rings (SSSR count). The van der Waals surface area contributed by atoms with Crippen LogP contribution in [0.2, 0.25) is 0 Å². The highest BCUT2D eigenvalue weighted by molar-refractivity contribution is 5.88. The molecule has 2 heteroatoms. The highest BCUT2D eigenvalue weighted by atomic mass is 15.2. The van der Waals surface area contributed by atoms with E-state index in [-0.39, 0.29) is 5.41 Å². The van der Waals surface area contributed by atoms with Crippen LogP contribution in [0.5, 0.6) is 0 Å². The molecule has 1 aliphatic rings. The summed E-state index contributed by atoms with van der Waals surface area (Å²) in [4.78, 5) is 6.92. The van der Waals surface area contributed by atoms with E-state index in [1.165, 1.54) is 0 Å². The number of hydrogen-bond acceptors (Lipinski definition) is 2. The fourth-order valence-corrected chi connectivity index (χ4v) is 1.61. The first kappa shape index (κ1) is 12.0. The highest BCUT2D eigenvalue weighted by Gasteiger charge is 2.25. The summed E-state index contributed by atoms with van der Waals surface area (Å²) in [5.41, 5.74) is 0.0970. The van der Waals surface area contributed by atoms with Gasteiger partial charge in [-0.25, -0.2) is 0 Å². The van der Waals surface area contributed by atoms with Crippen LogP contribution in [0.4, 0.5) is 0 Å². The second-order valence-electron chi connectivity index (χ2n) is 5.18. The van der Waals surface area contributed by atoms with Crippen molar-refractivity contribution in [2.75, 3.05) is 6.54 Å². The van der Waals surface area contributed by atoms with E-state index in [9.17, 15) is 0 Å². The summed E-state index contributed by atoms with van der Waals surface area (Å²) in [6, 6.07) is 0.450. The summed E-state index contributed by atoms with van der Waals surface area (Å²) in [6.07, 6.45) is 8.34. The molecule has 0 aromatic heterocycles. The number of amidine groups is 1. The van der Waals surface area contributed by atoms with Gasteiger partial charge in [0.25, 0.3) is 0 Å². The van der Waals surface area contributed by atoms with Gasteiger partial charge in [0.15, 0.2) is 0 Å². The third-order valence-corrected chi connectivity index (χ3v) is 2.31. The van der Waals surface area contributed by atoms with Gasteiger partial charge in [0, 0.05) is 17.7 Å². The van der Waals surface area contributed by atoms with Gasteiger partial charge in [-0.1, -0.05) is 32.9 Å². The highest BCUT2D eigenvalue weighted by Crippen LogP contribution is 2.22. The number of nitrogens with zero attached hydrogens (tertiary/aromatic N) is 2. The normalized spacial score (nSPS) is 25.5. The van der Waals surface area contributed by atoms with E-state index >= 15 is 0 Å². The second-order valence-corrected chi connectivity index (χ2v) is 5.18. The Kier molecular flexibility index (Phi) is 3.72. The number of rotatable bonds is 1. The van der Waals surface area contributed by atoms with Crippen molar-refractivity contribution in [3.63, 3.8) is 0 Å². The molecule has 0 amide bonds. The average molecular weight is 206 g/mol. The summed E-state index contributed by atoms with van der Waals surface area (Å²) in [5, 5.41) is 0. The van der Waals surface area contributed by atoms with Gasteiger partial charge in [-0.15, -0.1) is 0 Å². The van der Waals surface area contributed by atoms with Crippen molar-refractivity contribution < 1.29 is 0 Å². The van der Waals surface area contributed by atoms with E-state index in [1.54, 1.807) is 0 Å². The van der Waals surface area contributed by atoms with Crippen molar-refractivity contribution in [3.05, 3.63) is 24.4 Å². The van der Waals surface area contributed by atoms with Crippen LogP contribution in [0.3, 0.4) is 0 Å². The lowest BCUT2D eigenvalue weighted by molar-refractivity contribution is 0.398. The smallest absolute Gasteiger partial charge is 0.109 e. The Morgan fingerprint density at radius 2 is 1.93 bits per heavy atom. The second kappa shape index (κ2) is 4.65. The molecule has 0 saturated heterocycles. The van der Waals surface area contributed by atoms with E-state index < -0.39 is 0 Å². The molecule has 1 aliphatic heterocycles. The fraction of sp³-hybridized carbons (Fsp3) is 0.615. The Labute approximate surface area is 93.4 Å². The van der Waals surface area contributed by atoms with Crippen LogP contribution < -0.4 is 0 Å². The largest absolute Gasteiger partial charge is 0.334 e. The third kappa shape index (κ3) is 3.22. The van der Waals surface area contributed by atoms with Gasteiger partial charge >= 0.3 is 0 Å². The van der Waals surface area contributed by atoms with Crippen LogP contribution >= 0.6 is 0 Å². The standard InChI is InChI=1S/C13H22N2/c1-11(2)15-10-8-6-7-9-14-12(15)13(3,4)5/h6-8,10-11H,9H2,1-5H3/b7-6-,10-8-,14-12-. The molecule has 0 unspecified atom stereocenters. The molecule has 1 heterocycles. The molecule has 84 valence electrons. The minimum Gasteiger partial charge on any atom is -0.334 e. The van der Waals surface area contributed by atoms with Gasteiger partial charge in [-0.2, -0.15) is 0 Å². The zero-order chi connectivity index (χ0) is 11.5. The van der Waals surface area contributed by atoms with Crippen LogP contribution in [0.25, 0.3) is 0 Å². The first-order valence-electron chi connectivity index (χ1n) is 5.59. The first-order valence-corrected chi connectivity index (χ1v) is 5.59. The lowest BCUT2D eigenvalue weighted by Crippen LogP contribution is -2.40. The number of hydrogen-bond donors (Lipinski definition) is 0. The third-order valence-electron chi connectivity index (χ3n) is 2.31. The van der Waals surface area contributed by atoms with Crippen LogP contribution in [-0.2, 0) is 0 Å². The maximum Gasteiger partial charge on any atom is 0.109 e. The lowest BCUT2D eigenvalue weighted by Gasteiger charge is -2.34. The van der Waals surface area contributed by atoms with Crippen molar-refractivity contribution in [1.82, 2.24) is 4.90 Å². The van der Waals surface area contributed by atoms with Crippen molar-refractivity contribution in [2.45, 2.75) is 40.7 Å². The Hall–Kier alpha value is -1.05. The lowest BCUT2D eigenvalue weighted by atomic mass is 9.93. The van der Waals surface area contributed by atoms with Crippen molar-refractivity contribution in [1.29, 1.82) is 0 Å². The molecule has 0 aliphatic carbocycles. The minimum atomic E-state index is 0.0970. The Morgan fingerprint density at radius 3 is 2.47 bits per heavy atom. The predicted molar refractivity (Wildman–Crippen MR) is 67.0 cm³/mol. The monoisotopic (exact) mass is 206 g/mol. The first-order chi connectivity index (χ1) is 6.93. The Bertz CT molecular complexity index is 290.